The van der Waals surface area contributed by atoms with Crippen LogP contribution in [0, 0.1) is 0 Å². The van der Waals surface area contributed by atoms with Crippen LogP contribution in [0.25, 0.3) is 0 Å². The third-order valence-corrected chi connectivity index (χ3v) is 2.05. The minimum Gasteiger partial charge on any atom is -0.325 e. The fraction of sp³-hybridized carbons (Fsp3) is 0.500. The topological polar surface area (TPSA) is 43.8 Å². The third kappa shape index (κ3) is 2.18. The van der Waals surface area contributed by atoms with Gasteiger partial charge in [0, 0.05) is 13.1 Å². The molecule has 0 aliphatic carbocycles. The van der Waals surface area contributed by atoms with Gasteiger partial charge in [-0.2, -0.15) is 5.10 Å². The lowest BCUT2D eigenvalue weighted by Gasteiger charge is -2.00. The van der Waals surface area contributed by atoms with Crippen molar-refractivity contribution >= 4 is 28.3 Å². The Morgan fingerprint density at radius 1 is 1.73 bits per heavy atom. The number of aryl methyl sites for hydroxylation is 1. The SMILES string of the molecule is CCn1ncc(Br)c1CN.Cl. The summed E-state index contributed by atoms with van der Waals surface area (Å²) < 4.78 is 2.88. The zero-order valence-electron chi connectivity index (χ0n) is 6.25. The van der Waals surface area contributed by atoms with Crippen LogP contribution in [0.1, 0.15) is 12.6 Å². The van der Waals surface area contributed by atoms with Gasteiger partial charge in [-0.25, -0.2) is 0 Å². The van der Waals surface area contributed by atoms with Crippen LogP contribution in [-0.4, -0.2) is 9.78 Å². The maximum Gasteiger partial charge on any atom is 0.0661 e. The molecular formula is C6H11BrClN3. The van der Waals surface area contributed by atoms with E-state index < -0.39 is 0 Å². The molecule has 1 rings (SSSR count). The standard InChI is InChI=1S/C6H10BrN3.ClH/c1-2-10-6(3-8)5(7)4-9-10;/h4H,2-3,8H2,1H3;1H. The quantitative estimate of drug-likeness (QED) is 0.852. The second kappa shape index (κ2) is 4.74. The van der Waals surface area contributed by atoms with Gasteiger partial charge < -0.3 is 5.73 Å². The summed E-state index contributed by atoms with van der Waals surface area (Å²) in [5.74, 6) is 0. The van der Waals surface area contributed by atoms with Crippen molar-refractivity contribution in [1.82, 2.24) is 9.78 Å². The zero-order chi connectivity index (χ0) is 7.56. The molecule has 0 saturated carbocycles. The number of halogens is 2. The molecule has 64 valence electrons. The van der Waals surface area contributed by atoms with E-state index in [9.17, 15) is 0 Å². The first kappa shape index (κ1) is 10.9. The normalized spacial score (nSPS) is 9.36. The Balaban J connectivity index is 0.000001000. The van der Waals surface area contributed by atoms with E-state index in [1.807, 2.05) is 11.6 Å². The molecule has 3 nitrogen and oxygen atoms in total. The lowest BCUT2D eigenvalue weighted by Crippen LogP contribution is -2.07. The van der Waals surface area contributed by atoms with Gasteiger partial charge in [0.05, 0.1) is 16.4 Å². The summed E-state index contributed by atoms with van der Waals surface area (Å²) in [6, 6.07) is 0. The smallest absolute Gasteiger partial charge is 0.0661 e. The molecule has 11 heavy (non-hydrogen) atoms. The van der Waals surface area contributed by atoms with E-state index in [0.717, 1.165) is 16.7 Å². The Bertz CT molecular complexity index is 224. The highest BCUT2D eigenvalue weighted by atomic mass is 79.9. The maximum absolute atomic E-state index is 5.48. The van der Waals surface area contributed by atoms with Crippen LogP contribution < -0.4 is 5.73 Å². The highest BCUT2D eigenvalue weighted by Gasteiger charge is 2.03. The van der Waals surface area contributed by atoms with Crippen LogP contribution in [0.5, 0.6) is 0 Å². The predicted molar refractivity (Wildman–Crippen MR) is 50.7 cm³/mol. The summed E-state index contributed by atoms with van der Waals surface area (Å²) in [4.78, 5) is 0. The van der Waals surface area contributed by atoms with Gasteiger partial charge >= 0.3 is 0 Å². The molecule has 0 spiro atoms. The van der Waals surface area contributed by atoms with Gasteiger partial charge in [0.2, 0.25) is 0 Å². The average Bonchev–Trinajstić information content (AvgIpc) is 2.30. The van der Waals surface area contributed by atoms with Crippen molar-refractivity contribution in [3.8, 4) is 0 Å². The molecule has 0 amide bonds. The third-order valence-electron chi connectivity index (χ3n) is 1.39. The molecule has 0 fully saturated rings. The van der Waals surface area contributed by atoms with E-state index in [0.29, 0.717) is 6.54 Å². The summed E-state index contributed by atoms with van der Waals surface area (Å²) in [7, 11) is 0. The lowest BCUT2D eigenvalue weighted by molar-refractivity contribution is 0.622. The van der Waals surface area contributed by atoms with Gasteiger partial charge in [-0.3, -0.25) is 4.68 Å². The van der Waals surface area contributed by atoms with Crippen molar-refractivity contribution in [2.45, 2.75) is 20.0 Å². The number of hydrogen-bond donors (Lipinski definition) is 1. The Hall–Kier alpha value is -0.0600. The van der Waals surface area contributed by atoms with Crippen molar-refractivity contribution in [2.75, 3.05) is 0 Å². The summed E-state index contributed by atoms with van der Waals surface area (Å²) >= 11 is 3.35. The van der Waals surface area contributed by atoms with Crippen LogP contribution >= 0.6 is 28.3 Å². The van der Waals surface area contributed by atoms with E-state index in [1.54, 1.807) is 6.20 Å². The van der Waals surface area contributed by atoms with E-state index in [2.05, 4.69) is 21.0 Å². The Morgan fingerprint density at radius 2 is 2.36 bits per heavy atom. The molecule has 0 radical (unpaired) electrons. The first-order chi connectivity index (χ1) is 4.79. The molecule has 2 N–H and O–H groups in total. The lowest BCUT2D eigenvalue weighted by atomic mass is 10.4. The van der Waals surface area contributed by atoms with Crippen molar-refractivity contribution in [1.29, 1.82) is 0 Å². The van der Waals surface area contributed by atoms with Gasteiger partial charge in [0.15, 0.2) is 0 Å². The molecule has 0 atom stereocenters. The number of hydrogen-bond acceptors (Lipinski definition) is 2. The van der Waals surface area contributed by atoms with Crippen molar-refractivity contribution in [2.24, 2.45) is 5.73 Å². The molecular weight excluding hydrogens is 229 g/mol. The Morgan fingerprint density at radius 3 is 2.73 bits per heavy atom. The molecule has 0 unspecified atom stereocenters. The molecule has 1 heterocycles. The minimum atomic E-state index is 0. The Labute approximate surface area is 80.5 Å². The predicted octanol–water partition coefficient (Wildman–Crippen LogP) is 1.55. The molecule has 1 aromatic rings. The van der Waals surface area contributed by atoms with Crippen molar-refractivity contribution in [3.05, 3.63) is 16.4 Å². The molecule has 0 aliphatic rings. The number of rotatable bonds is 2. The summed E-state index contributed by atoms with van der Waals surface area (Å²) in [5.41, 5.74) is 6.54. The van der Waals surface area contributed by atoms with E-state index in [-0.39, 0.29) is 12.4 Å². The van der Waals surface area contributed by atoms with Gasteiger partial charge in [-0.05, 0) is 22.9 Å². The first-order valence-corrected chi connectivity index (χ1v) is 3.99. The highest BCUT2D eigenvalue weighted by Crippen LogP contribution is 2.14. The second-order valence-electron chi connectivity index (χ2n) is 1.96. The molecule has 0 aromatic carbocycles. The summed E-state index contributed by atoms with van der Waals surface area (Å²) in [5, 5.41) is 4.09. The maximum atomic E-state index is 5.48. The van der Waals surface area contributed by atoms with E-state index in [4.69, 9.17) is 5.73 Å². The second-order valence-corrected chi connectivity index (χ2v) is 2.81. The van der Waals surface area contributed by atoms with Crippen molar-refractivity contribution < 1.29 is 0 Å². The molecule has 0 bridgehead atoms. The van der Waals surface area contributed by atoms with Crippen LogP contribution in [0.15, 0.2) is 10.7 Å². The Kier molecular flexibility index (Phi) is 4.72. The minimum absolute atomic E-state index is 0. The van der Waals surface area contributed by atoms with Crippen LogP contribution in [0.2, 0.25) is 0 Å². The zero-order valence-corrected chi connectivity index (χ0v) is 8.65. The molecule has 0 saturated heterocycles. The van der Waals surface area contributed by atoms with Crippen LogP contribution in [0.3, 0.4) is 0 Å². The highest BCUT2D eigenvalue weighted by molar-refractivity contribution is 9.10. The van der Waals surface area contributed by atoms with Gasteiger partial charge in [-0.15, -0.1) is 12.4 Å². The van der Waals surface area contributed by atoms with E-state index in [1.165, 1.54) is 0 Å². The fourth-order valence-corrected chi connectivity index (χ4v) is 1.32. The fourth-order valence-electron chi connectivity index (χ4n) is 0.863. The average molecular weight is 241 g/mol. The summed E-state index contributed by atoms with van der Waals surface area (Å²) in [6.45, 7) is 3.45. The molecule has 1 aromatic heterocycles. The van der Waals surface area contributed by atoms with Crippen LogP contribution in [0.4, 0.5) is 0 Å². The number of nitrogens with two attached hydrogens (primary N) is 1. The first-order valence-electron chi connectivity index (χ1n) is 3.19. The number of nitrogens with zero attached hydrogens (tertiary/aromatic N) is 2. The van der Waals surface area contributed by atoms with Gasteiger partial charge in [-0.1, -0.05) is 0 Å². The van der Waals surface area contributed by atoms with Crippen LogP contribution in [-0.2, 0) is 13.1 Å². The molecule has 5 heteroatoms. The van der Waals surface area contributed by atoms with Crippen molar-refractivity contribution in [3.63, 3.8) is 0 Å². The largest absolute Gasteiger partial charge is 0.325 e. The summed E-state index contributed by atoms with van der Waals surface area (Å²) in [6.07, 6.45) is 1.77. The van der Waals surface area contributed by atoms with Gasteiger partial charge in [0.25, 0.3) is 0 Å². The number of aromatic nitrogens is 2. The van der Waals surface area contributed by atoms with Gasteiger partial charge in [0.1, 0.15) is 0 Å². The van der Waals surface area contributed by atoms with E-state index >= 15 is 0 Å². The monoisotopic (exact) mass is 239 g/mol. The molecule has 0 aliphatic heterocycles.